The number of carbonyl (C=O) groups is 1. The predicted octanol–water partition coefficient (Wildman–Crippen LogP) is 2.40. The number of aromatic nitrogens is 3. The molecule has 0 radical (unpaired) electrons. The minimum Gasteiger partial charge on any atom is -0.489 e. The number of halogens is 1. The van der Waals surface area contributed by atoms with Gasteiger partial charge in [-0.1, -0.05) is 0 Å². The molecule has 0 bridgehead atoms. The van der Waals surface area contributed by atoms with E-state index in [1.807, 2.05) is 0 Å². The molecule has 0 spiro atoms. The van der Waals surface area contributed by atoms with Gasteiger partial charge >= 0.3 is 5.97 Å². The number of hydrogen-bond donors (Lipinski definition) is 4. The molecule has 1 aliphatic carbocycles. The molecule has 1 atom stereocenters. The molecule has 8 nitrogen and oxygen atoms in total. The van der Waals surface area contributed by atoms with E-state index in [1.165, 1.54) is 24.5 Å². The van der Waals surface area contributed by atoms with E-state index in [9.17, 15) is 14.3 Å². The van der Waals surface area contributed by atoms with Crippen LogP contribution < -0.4 is 10.1 Å². The topological polar surface area (TPSA) is 120 Å². The highest BCUT2D eigenvalue weighted by Gasteiger charge is 2.28. The predicted molar refractivity (Wildman–Crippen MR) is 99.3 cm³/mol. The number of aliphatic carboxylic acids is 1. The van der Waals surface area contributed by atoms with E-state index in [0.29, 0.717) is 36.4 Å². The molecule has 1 aliphatic rings. The van der Waals surface area contributed by atoms with Gasteiger partial charge < -0.3 is 25.3 Å². The number of aryl methyl sites for hydroxylation is 1. The van der Waals surface area contributed by atoms with Gasteiger partial charge in [-0.25, -0.2) is 14.4 Å². The van der Waals surface area contributed by atoms with Crippen LogP contribution in [-0.4, -0.2) is 44.3 Å². The summed E-state index contributed by atoms with van der Waals surface area (Å²) in [5.74, 6) is -1.00. The third-order valence-electron chi connectivity index (χ3n) is 4.87. The van der Waals surface area contributed by atoms with E-state index in [2.05, 4.69) is 20.3 Å². The van der Waals surface area contributed by atoms with Crippen LogP contribution in [-0.2, 0) is 17.6 Å². The second-order valence-corrected chi connectivity index (χ2v) is 6.64. The molecule has 2 heterocycles. The van der Waals surface area contributed by atoms with Crippen molar-refractivity contribution >= 4 is 28.5 Å². The average molecular weight is 386 g/mol. The van der Waals surface area contributed by atoms with Crippen LogP contribution in [0.2, 0.25) is 0 Å². The number of H-pyrrole nitrogens is 1. The quantitative estimate of drug-likeness (QED) is 0.513. The van der Waals surface area contributed by atoms with Crippen LogP contribution in [0.5, 0.6) is 5.75 Å². The first kappa shape index (κ1) is 18.2. The number of carboxylic acid groups (broad SMARTS) is 1. The molecular formula is C19H19FN4O4. The largest absolute Gasteiger partial charge is 0.489 e. The molecule has 0 fully saturated rings. The van der Waals surface area contributed by atoms with Crippen LogP contribution in [0.1, 0.15) is 17.7 Å². The van der Waals surface area contributed by atoms with Crippen molar-refractivity contribution in [3.05, 3.63) is 41.6 Å². The van der Waals surface area contributed by atoms with Crippen LogP contribution in [0.3, 0.4) is 0 Å². The Kier molecular flexibility index (Phi) is 4.82. The minimum absolute atomic E-state index is 0.0250. The smallest absolute Gasteiger partial charge is 0.306 e. The van der Waals surface area contributed by atoms with Gasteiger partial charge in [0.25, 0.3) is 0 Å². The van der Waals surface area contributed by atoms with Gasteiger partial charge in [0, 0.05) is 11.8 Å². The first-order valence-electron chi connectivity index (χ1n) is 8.94. The number of nitrogens with one attached hydrogen (secondary N) is 2. The summed E-state index contributed by atoms with van der Waals surface area (Å²) in [5.41, 5.74) is 2.95. The highest BCUT2D eigenvalue weighted by Crippen LogP contribution is 2.36. The molecule has 4 rings (SSSR count). The maximum absolute atomic E-state index is 13.6. The van der Waals surface area contributed by atoms with Crippen molar-refractivity contribution in [1.29, 1.82) is 0 Å². The Labute approximate surface area is 159 Å². The second kappa shape index (κ2) is 7.43. The third kappa shape index (κ3) is 3.36. The Balaban J connectivity index is 1.75. The molecule has 0 saturated carbocycles. The summed E-state index contributed by atoms with van der Waals surface area (Å²) >= 11 is 0. The molecule has 146 valence electrons. The molecule has 2 aromatic heterocycles. The zero-order valence-electron chi connectivity index (χ0n) is 14.9. The lowest BCUT2D eigenvalue weighted by atomic mass is 9.86. The molecule has 9 heteroatoms. The first-order chi connectivity index (χ1) is 13.6. The summed E-state index contributed by atoms with van der Waals surface area (Å²) in [4.78, 5) is 23.3. The van der Waals surface area contributed by atoms with Gasteiger partial charge in [-0.3, -0.25) is 4.79 Å². The summed E-state index contributed by atoms with van der Waals surface area (Å²) in [7, 11) is 0. The fourth-order valence-electron chi connectivity index (χ4n) is 3.55. The SMILES string of the molecule is O=C(O)C1CCc2[nH]c3ncnc(Nc4ccc(F)cc4OCCO)c3c2C1. The second-order valence-electron chi connectivity index (χ2n) is 6.64. The molecule has 0 saturated heterocycles. The fourth-order valence-corrected chi connectivity index (χ4v) is 3.55. The van der Waals surface area contributed by atoms with E-state index < -0.39 is 17.7 Å². The number of fused-ring (bicyclic) bond motifs is 3. The number of hydrogen-bond acceptors (Lipinski definition) is 6. The molecule has 4 N–H and O–H groups in total. The van der Waals surface area contributed by atoms with Gasteiger partial charge in [-0.05, 0) is 37.0 Å². The number of aromatic amines is 1. The number of rotatable bonds is 6. The van der Waals surface area contributed by atoms with Gasteiger partial charge in [0.2, 0.25) is 0 Å². The Morgan fingerprint density at radius 2 is 2.25 bits per heavy atom. The van der Waals surface area contributed by atoms with E-state index in [1.54, 1.807) is 0 Å². The van der Waals surface area contributed by atoms with E-state index in [4.69, 9.17) is 9.84 Å². The standard InChI is InChI=1S/C19H19FN4O4/c20-11-2-4-14(15(8-11)28-6-5-25)24-18-16-12-7-10(19(26)27)1-3-13(12)23-17(16)21-9-22-18/h2,4,8-10,25H,1,3,5-7H2,(H,26,27)(H2,21,22,23,24). The van der Waals surface area contributed by atoms with Crippen LogP contribution in [0.15, 0.2) is 24.5 Å². The van der Waals surface area contributed by atoms with Crippen molar-refractivity contribution in [3.8, 4) is 5.75 Å². The fraction of sp³-hybridized carbons (Fsp3) is 0.316. The van der Waals surface area contributed by atoms with E-state index in [-0.39, 0.29) is 19.0 Å². The van der Waals surface area contributed by atoms with Crippen molar-refractivity contribution in [1.82, 2.24) is 15.0 Å². The van der Waals surface area contributed by atoms with E-state index in [0.717, 1.165) is 16.6 Å². The van der Waals surface area contributed by atoms with E-state index >= 15 is 0 Å². The Morgan fingerprint density at radius 1 is 1.39 bits per heavy atom. The van der Waals surface area contributed by atoms with Crippen LogP contribution in [0, 0.1) is 11.7 Å². The van der Waals surface area contributed by atoms with Gasteiger partial charge in [0.15, 0.2) is 0 Å². The summed E-state index contributed by atoms with van der Waals surface area (Å²) in [5, 5.41) is 22.2. The normalized spacial score (nSPS) is 16.0. The molecule has 1 aromatic carbocycles. The molecule has 28 heavy (non-hydrogen) atoms. The summed E-state index contributed by atoms with van der Waals surface area (Å²) in [6.07, 6.45) is 3.00. The van der Waals surface area contributed by atoms with Crippen LogP contribution in [0.25, 0.3) is 11.0 Å². The number of anilines is 2. The zero-order chi connectivity index (χ0) is 19.7. The minimum atomic E-state index is -0.815. The lowest BCUT2D eigenvalue weighted by molar-refractivity contribution is -0.142. The number of ether oxygens (including phenoxy) is 1. The first-order valence-corrected chi connectivity index (χ1v) is 8.94. The van der Waals surface area contributed by atoms with Crippen LogP contribution in [0.4, 0.5) is 15.9 Å². The van der Waals surface area contributed by atoms with Gasteiger partial charge in [-0.2, -0.15) is 0 Å². The highest BCUT2D eigenvalue weighted by molar-refractivity contribution is 5.94. The number of aliphatic hydroxyl groups is 1. The zero-order valence-corrected chi connectivity index (χ0v) is 14.9. The summed E-state index contributed by atoms with van der Waals surface area (Å²) in [6, 6.07) is 4.04. The molecule has 1 unspecified atom stereocenters. The molecule has 0 amide bonds. The lowest BCUT2D eigenvalue weighted by Gasteiger charge is -2.19. The van der Waals surface area contributed by atoms with Crippen molar-refractivity contribution < 1.29 is 24.1 Å². The number of aliphatic hydroxyl groups excluding tert-OH is 1. The van der Waals surface area contributed by atoms with Gasteiger partial charge in [0.05, 0.1) is 23.6 Å². The lowest BCUT2D eigenvalue weighted by Crippen LogP contribution is -2.21. The molecular weight excluding hydrogens is 367 g/mol. The Morgan fingerprint density at radius 3 is 3.04 bits per heavy atom. The highest BCUT2D eigenvalue weighted by atomic mass is 19.1. The average Bonchev–Trinajstić information content (AvgIpc) is 3.06. The Bertz CT molecular complexity index is 1040. The van der Waals surface area contributed by atoms with Crippen molar-refractivity contribution in [2.75, 3.05) is 18.5 Å². The van der Waals surface area contributed by atoms with Gasteiger partial charge in [0.1, 0.15) is 36.0 Å². The summed E-state index contributed by atoms with van der Waals surface area (Å²) in [6.45, 7) is -0.174. The van der Waals surface area contributed by atoms with Gasteiger partial charge in [-0.15, -0.1) is 0 Å². The monoisotopic (exact) mass is 386 g/mol. The van der Waals surface area contributed by atoms with Crippen molar-refractivity contribution in [2.45, 2.75) is 19.3 Å². The number of benzene rings is 1. The number of carboxylic acids is 1. The third-order valence-corrected chi connectivity index (χ3v) is 4.87. The maximum Gasteiger partial charge on any atom is 0.306 e. The van der Waals surface area contributed by atoms with Crippen molar-refractivity contribution in [2.24, 2.45) is 5.92 Å². The Hall–Kier alpha value is -3.20. The van der Waals surface area contributed by atoms with Crippen molar-refractivity contribution in [3.63, 3.8) is 0 Å². The number of nitrogens with zero attached hydrogens (tertiary/aromatic N) is 2. The maximum atomic E-state index is 13.6. The molecule has 3 aromatic rings. The van der Waals surface area contributed by atoms with Crippen LogP contribution >= 0.6 is 0 Å². The summed E-state index contributed by atoms with van der Waals surface area (Å²) < 4.78 is 19.0. The molecule has 0 aliphatic heterocycles.